The maximum absolute atomic E-state index is 12.7. The van der Waals surface area contributed by atoms with Gasteiger partial charge in [-0.15, -0.1) is 0 Å². The Hall–Kier alpha value is -2.88. The number of nitrogens with zero attached hydrogens (tertiary/aromatic N) is 2. The first-order chi connectivity index (χ1) is 11.7. The van der Waals surface area contributed by atoms with Gasteiger partial charge in [-0.2, -0.15) is 4.98 Å². The van der Waals surface area contributed by atoms with Gasteiger partial charge in [-0.05, 0) is 43.9 Å². The van der Waals surface area contributed by atoms with Crippen molar-refractivity contribution in [2.24, 2.45) is 0 Å². The van der Waals surface area contributed by atoms with Crippen molar-refractivity contribution in [1.29, 1.82) is 0 Å². The fraction of sp³-hybridized carbons (Fsp3) is 0.200. The van der Waals surface area contributed by atoms with E-state index in [1.807, 2.05) is 36.4 Å². The summed E-state index contributed by atoms with van der Waals surface area (Å²) in [6, 6.07) is 14.6. The molecule has 1 N–H and O–H groups in total. The molecular formula is C20H18N2O2. The van der Waals surface area contributed by atoms with Crippen LogP contribution in [-0.2, 0) is 0 Å². The highest BCUT2D eigenvalue weighted by Crippen LogP contribution is 2.31. The summed E-state index contributed by atoms with van der Waals surface area (Å²) >= 11 is 0. The van der Waals surface area contributed by atoms with Crippen LogP contribution in [0.15, 0.2) is 54.6 Å². The number of rotatable bonds is 3. The summed E-state index contributed by atoms with van der Waals surface area (Å²) in [5, 5.41) is 10.3. The van der Waals surface area contributed by atoms with E-state index in [4.69, 9.17) is 0 Å². The van der Waals surface area contributed by atoms with Crippen LogP contribution in [0.3, 0.4) is 0 Å². The van der Waals surface area contributed by atoms with E-state index >= 15 is 0 Å². The number of aromatic hydroxyl groups is 1. The summed E-state index contributed by atoms with van der Waals surface area (Å²) < 4.78 is 1.77. The molecule has 24 heavy (non-hydrogen) atoms. The van der Waals surface area contributed by atoms with Crippen molar-refractivity contribution in [3.05, 3.63) is 65.7 Å². The minimum Gasteiger partial charge on any atom is -0.480 e. The Morgan fingerprint density at radius 3 is 2.62 bits per heavy atom. The highest BCUT2D eigenvalue weighted by Gasteiger charge is 2.17. The molecule has 0 radical (unpaired) electrons. The highest BCUT2D eigenvalue weighted by atomic mass is 16.3. The molecule has 2 aromatic carbocycles. The number of carbonyl (C=O) groups is 1. The van der Waals surface area contributed by atoms with Crippen LogP contribution >= 0.6 is 0 Å². The lowest BCUT2D eigenvalue weighted by Crippen LogP contribution is -2.03. The van der Waals surface area contributed by atoms with E-state index < -0.39 is 0 Å². The Labute approximate surface area is 140 Å². The summed E-state index contributed by atoms with van der Waals surface area (Å²) in [6.07, 6.45) is 6.35. The smallest absolute Gasteiger partial charge is 0.299 e. The van der Waals surface area contributed by atoms with Crippen molar-refractivity contribution in [2.75, 3.05) is 0 Å². The fourth-order valence-corrected chi connectivity index (χ4v) is 3.27. The van der Waals surface area contributed by atoms with Gasteiger partial charge in [0.1, 0.15) is 0 Å². The zero-order valence-corrected chi connectivity index (χ0v) is 13.3. The zero-order valence-electron chi connectivity index (χ0n) is 13.3. The molecule has 0 bridgehead atoms. The van der Waals surface area contributed by atoms with Gasteiger partial charge in [-0.25, -0.2) is 0 Å². The van der Waals surface area contributed by atoms with E-state index in [-0.39, 0.29) is 11.8 Å². The van der Waals surface area contributed by atoms with E-state index in [0.29, 0.717) is 16.6 Å². The lowest BCUT2D eigenvalue weighted by Gasteiger charge is -2.15. The normalized spacial score (nSPS) is 14.6. The third-order valence-corrected chi connectivity index (χ3v) is 4.49. The van der Waals surface area contributed by atoms with Gasteiger partial charge in [0, 0.05) is 16.8 Å². The summed E-state index contributed by atoms with van der Waals surface area (Å²) in [5.74, 6) is -0.0256. The zero-order chi connectivity index (χ0) is 16.5. The number of fused-ring (bicyclic) bond motifs is 1. The molecule has 0 amide bonds. The second kappa shape index (κ2) is 5.96. The second-order valence-electron chi connectivity index (χ2n) is 6.09. The first kappa shape index (κ1) is 14.7. The average molecular weight is 318 g/mol. The molecule has 1 aliphatic carbocycles. The topological polar surface area (TPSA) is 55.1 Å². The van der Waals surface area contributed by atoms with Crippen molar-refractivity contribution >= 4 is 22.5 Å². The van der Waals surface area contributed by atoms with Crippen molar-refractivity contribution < 1.29 is 9.90 Å². The number of hydrogen-bond acceptors (Lipinski definition) is 3. The quantitative estimate of drug-likeness (QED) is 0.729. The largest absolute Gasteiger partial charge is 0.480 e. The van der Waals surface area contributed by atoms with Crippen LogP contribution in [0.5, 0.6) is 6.01 Å². The van der Waals surface area contributed by atoms with Gasteiger partial charge < -0.3 is 5.11 Å². The van der Waals surface area contributed by atoms with Gasteiger partial charge in [0.05, 0.1) is 11.0 Å². The van der Waals surface area contributed by atoms with Crippen molar-refractivity contribution in [2.45, 2.75) is 25.7 Å². The van der Waals surface area contributed by atoms with E-state index in [2.05, 4.69) is 11.1 Å². The van der Waals surface area contributed by atoms with E-state index in [9.17, 15) is 9.90 Å². The molecule has 0 fully saturated rings. The fourth-order valence-electron chi connectivity index (χ4n) is 3.27. The van der Waals surface area contributed by atoms with Crippen LogP contribution < -0.4 is 0 Å². The number of carbonyl (C=O) groups excluding carboxylic acids is 1. The van der Waals surface area contributed by atoms with Crippen LogP contribution in [0.1, 0.15) is 41.6 Å². The van der Waals surface area contributed by atoms with E-state index in [0.717, 1.165) is 30.5 Å². The maximum atomic E-state index is 12.7. The van der Waals surface area contributed by atoms with Crippen LogP contribution in [-0.4, -0.2) is 20.4 Å². The molecule has 0 aliphatic heterocycles. The number of allylic oxidation sites excluding steroid dienone is 2. The van der Waals surface area contributed by atoms with Gasteiger partial charge in [-0.3, -0.25) is 9.36 Å². The third kappa shape index (κ3) is 2.50. The number of ketones is 1. The number of hydrogen-bond donors (Lipinski definition) is 1. The van der Waals surface area contributed by atoms with Crippen molar-refractivity contribution in [3.8, 4) is 6.01 Å². The lowest BCUT2D eigenvalue weighted by molar-refractivity contribution is 0.103. The lowest BCUT2D eigenvalue weighted by atomic mass is 10.0. The van der Waals surface area contributed by atoms with Crippen molar-refractivity contribution in [1.82, 2.24) is 9.55 Å². The number of aromatic nitrogens is 2. The van der Waals surface area contributed by atoms with Gasteiger partial charge in [-0.1, -0.05) is 36.4 Å². The molecule has 120 valence electrons. The average Bonchev–Trinajstić information content (AvgIpc) is 2.97. The van der Waals surface area contributed by atoms with Crippen LogP contribution in [0.25, 0.3) is 16.7 Å². The predicted octanol–water partition coefficient (Wildman–Crippen LogP) is 4.39. The Bertz CT molecular complexity index is 939. The summed E-state index contributed by atoms with van der Waals surface area (Å²) in [4.78, 5) is 16.9. The summed E-state index contributed by atoms with van der Waals surface area (Å²) in [6.45, 7) is 0. The van der Waals surface area contributed by atoms with Gasteiger partial charge in [0.25, 0.3) is 6.01 Å². The molecule has 4 nitrogen and oxygen atoms in total. The van der Waals surface area contributed by atoms with Gasteiger partial charge in [0.15, 0.2) is 5.78 Å². The Morgan fingerprint density at radius 1 is 1.04 bits per heavy atom. The molecule has 1 aromatic heterocycles. The first-order valence-corrected chi connectivity index (χ1v) is 8.24. The molecule has 1 heterocycles. The standard InChI is InChI=1S/C20H18N2O2/c23-19(14-7-3-1-4-8-14)15-11-12-17-18(13-15)22(20(24)21-17)16-9-5-2-6-10-16/h1,3-4,7-9,11-13H,2,5-6,10H2,(H,21,24). The number of imidazole rings is 1. The second-order valence-corrected chi connectivity index (χ2v) is 6.09. The third-order valence-electron chi connectivity index (χ3n) is 4.49. The minimum absolute atomic E-state index is 0.0116. The van der Waals surface area contributed by atoms with Crippen molar-refractivity contribution in [3.63, 3.8) is 0 Å². The molecule has 4 rings (SSSR count). The summed E-state index contributed by atoms with van der Waals surface area (Å²) in [5.41, 5.74) is 3.80. The Kier molecular flexibility index (Phi) is 3.65. The minimum atomic E-state index is -0.0256. The van der Waals surface area contributed by atoms with Gasteiger partial charge in [0.2, 0.25) is 0 Å². The van der Waals surface area contributed by atoms with Crippen LogP contribution in [0.2, 0.25) is 0 Å². The van der Waals surface area contributed by atoms with E-state index in [1.54, 1.807) is 16.7 Å². The van der Waals surface area contributed by atoms with Crippen LogP contribution in [0, 0.1) is 0 Å². The monoisotopic (exact) mass is 318 g/mol. The molecular weight excluding hydrogens is 300 g/mol. The molecule has 1 aliphatic rings. The van der Waals surface area contributed by atoms with E-state index in [1.165, 1.54) is 6.42 Å². The first-order valence-electron chi connectivity index (χ1n) is 8.24. The molecule has 0 saturated carbocycles. The SMILES string of the molecule is O=C(c1ccccc1)c1ccc2nc(O)n(C3=CCCCC3)c2c1. The summed E-state index contributed by atoms with van der Waals surface area (Å²) in [7, 11) is 0. The highest BCUT2D eigenvalue weighted by molar-refractivity contribution is 6.10. The van der Waals surface area contributed by atoms with Crippen LogP contribution in [0.4, 0.5) is 0 Å². The molecule has 4 heteroatoms. The Morgan fingerprint density at radius 2 is 1.88 bits per heavy atom. The molecule has 0 unspecified atom stereocenters. The molecule has 3 aromatic rings. The Balaban J connectivity index is 1.83. The maximum Gasteiger partial charge on any atom is 0.299 e. The molecule has 0 spiro atoms. The van der Waals surface area contributed by atoms with Gasteiger partial charge >= 0.3 is 0 Å². The molecule has 0 atom stereocenters. The predicted molar refractivity (Wildman–Crippen MR) is 94.0 cm³/mol. The molecule has 0 saturated heterocycles. The number of benzene rings is 2.